The standard InChI is InChI=1S/C20H15NO5/c1-23-17-14-8-9-25-18(14)20(24-2)19-16(17)15(22)10-13(26-19)11-21-12-6-4-3-5-7-12/h3-11H,1-2H3. The van der Waals surface area contributed by atoms with Gasteiger partial charge in [-0.3, -0.25) is 9.79 Å². The highest BCUT2D eigenvalue weighted by Crippen LogP contribution is 2.41. The van der Waals surface area contributed by atoms with Gasteiger partial charge < -0.3 is 18.3 Å². The maximum Gasteiger partial charge on any atom is 0.206 e. The zero-order valence-corrected chi connectivity index (χ0v) is 14.2. The van der Waals surface area contributed by atoms with Crippen LogP contribution < -0.4 is 14.9 Å². The lowest BCUT2D eigenvalue weighted by Gasteiger charge is -2.10. The summed E-state index contributed by atoms with van der Waals surface area (Å²) in [5.74, 6) is 1.04. The quantitative estimate of drug-likeness (QED) is 0.513. The molecule has 0 aliphatic carbocycles. The number of ether oxygens (including phenoxy) is 2. The fraction of sp³-hybridized carbons (Fsp3) is 0.100. The van der Waals surface area contributed by atoms with Crippen molar-refractivity contribution < 1.29 is 18.3 Å². The summed E-state index contributed by atoms with van der Waals surface area (Å²) in [5.41, 5.74) is 1.21. The SMILES string of the molecule is COc1c2occc2c(OC)c2c(=O)cc(C=Nc3ccccc3)oc12. The smallest absolute Gasteiger partial charge is 0.206 e. The topological polar surface area (TPSA) is 74.2 Å². The molecular weight excluding hydrogens is 334 g/mol. The predicted molar refractivity (Wildman–Crippen MR) is 99.1 cm³/mol. The molecule has 2 aromatic carbocycles. The Kier molecular flexibility index (Phi) is 3.93. The summed E-state index contributed by atoms with van der Waals surface area (Å²) in [4.78, 5) is 17.1. The lowest BCUT2D eigenvalue weighted by molar-refractivity contribution is 0.400. The highest BCUT2D eigenvalue weighted by atomic mass is 16.5. The van der Waals surface area contributed by atoms with Crippen molar-refractivity contribution in [2.75, 3.05) is 14.2 Å². The van der Waals surface area contributed by atoms with Crippen molar-refractivity contribution in [1.29, 1.82) is 0 Å². The van der Waals surface area contributed by atoms with E-state index in [-0.39, 0.29) is 11.0 Å². The summed E-state index contributed by atoms with van der Waals surface area (Å²) in [7, 11) is 2.99. The third-order valence-corrected chi connectivity index (χ3v) is 4.02. The number of para-hydroxylation sites is 1. The molecule has 2 heterocycles. The average Bonchev–Trinajstić information content (AvgIpc) is 3.14. The molecule has 0 bridgehead atoms. The van der Waals surface area contributed by atoms with E-state index in [9.17, 15) is 4.79 Å². The summed E-state index contributed by atoms with van der Waals surface area (Å²) >= 11 is 0. The number of rotatable bonds is 4. The fourth-order valence-corrected chi connectivity index (χ4v) is 2.90. The van der Waals surface area contributed by atoms with Gasteiger partial charge in [0.25, 0.3) is 0 Å². The Hall–Kier alpha value is -3.54. The third kappa shape index (κ3) is 2.52. The van der Waals surface area contributed by atoms with E-state index >= 15 is 0 Å². The molecule has 2 aromatic heterocycles. The molecule has 26 heavy (non-hydrogen) atoms. The van der Waals surface area contributed by atoms with E-state index in [2.05, 4.69) is 4.99 Å². The van der Waals surface area contributed by atoms with Crippen LogP contribution in [0.5, 0.6) is 11.5 Å². The molecule has 4 rings (SSSR count). The van der Waals surface area contributed by atoms with Gasteiger partial charge in [-0.2, -0.15) is 0 Å². The second-order valence-electron chi connectivity index (χ2n) is 5.54. The Bertz CT molecular complexity index is 1170. The Labute approximate surface area is 148 Å². The largest absolute Gasteiger partial charge is 0.495 e. The van der Waals surface area contributed by atoms with Crippen molar-refractivity contribution in [1.82, 2.24) is 0 Å². The molecule has 6 heteroatoms. The molecule has 0 N–H and O–H groups in total. The van der Waals surface area contributed by atoms with Gasteiger partial charge in [-0.15, -0.1) is 0 Å². The fourth-order valence-electron chi connectivity index (χ4n) is 2.90. The summed E-state index contributed by atoms with van der Waals surface area (Å²) in [6, 6.07) is 12.5. The number of aliphatic imine (C=N–C) groups is 1. The summed E-state index contributed by atoms with van der Waals surface area (Å²) < 4.78 is 22.3. The minimum atomic E-state index is -0.251. The van der Waals surface area contributed by atoms with E-state index in [1.807, 2.05) is 30.3 Å². The molecule has 4 aromatic rings. The Morgan fingerprint density at radius 2 is 1.77 bits per heavy atom. The van der Waals surface area contributed by atoms with Gasteiger partial charge in [-0.1, -0.05) is 18.2 Å². The van der Waals surface area contributed by atoms with Crippen LogP contribution in [0.1, 0.15) is 5.76 Å². The summed E-state index contributed by atoms with van der Waals surface area (Å²) in [5, 5.41) is 0.949. The molecule has 130 valence electrons. The van der Waals surface area contributed by atoms with Crippen LogP contribution in [-0.4, -0.2) is 20.4 Å². The highest BCUT2D eigenvalue weighted by molar-refractivity contribution is 6.07. The van der Waals surface area contributed by atoms with Gasteiger partial charge in [-0.05, 0) is 18.2 Å². The average molecular weight is 349 g/mol. The molecule has 0 fully saturated rings. The van der Waals surface area contributed by atoms with Crippen LogP contribution in [-0.2, 0) is 0 Å². The number of hydrogen-bond acceptors (Lipinski definition) is 6. The minimum absolute atomic E-state index is 0.251. The van der Waals surface area contributed by atoms with Gasteiger partial charge >= 0.3 is 0 Å². The van der Waals surface area contributed by atoms with E-state index in [0.29, 0.717) is 33.6 Å². The molecule has 0 spiro atoms. The third-order valence-electron chi connectivity index (χ3n) is 4.02. The lowest BCUT2D eigenvalue weighted by Crippen LogP contribution is -2.05. The van der Waals surface area contributed by atoms with Crippen LogP contribution in [0.25, 0.3) is 21.9 Å². The highest BCUT2D eigenvalue weighted by Gasteiger charge is 2.22. The van der Waals surface area contributed by atoms with Gasteiger partial charge in [0.1, 0.15) is 16.9 Å². The van der Waals surface area contributed by atoms with E-state index in [4.69, 9.17) is 18.3 Å². The Balaban J connectivity index is 1.98. The van der Waals surface area contributed by atoms with E-state index in [1.54, 1.807) is 6.07 Å². The van der Waals surface area contributed by atoms with Crippen molar-refractivity contribution in [3.63, 3.8) is 0 Å². The molecule has 0 saturated carbocycles. The van der Waals surface area contributed by atoms with E-state index < -0.39 is 0 Å². The second kappa shape index (κ2) is 6.40. The molecule has 0 radical (unpaired) electrons. The van der Waals surface area contributed by atoms with Crippen LogP contribution in [0.15, 0.2) is 67.3 Å². The molecular formula is C20H15NO5. The molecule has 0 amide bonds. The lowest BCUT2D eigenvalue weighted by atomic mass is 10.1. The van der Waals surface area contributed by atoms with Crippen LogP contribution >= 0.6 is 0 Å². The van der Waals surface area contributed by atoms with Gasteiger partial charge in [0, 0.05) is 6.07 Å². The monoisotopic (exact) mass is 349 g/mol. The van der Waals surface area contributed by atoms with Gasteiger partial charge in [0.2, 0.25) is 5.75 Å². The normalized spacial score (nSPS) is 11.5. The first-order valence-corrected chi connectivity index (χ1v) is 7.91. The maximum absolute atomic E-state index is 12.7. The van der Waals surface area contributed by atoms with Crippen LogP contribution in [0, 0.1) is 0 Å². The molecule has 0 unspecified atom stereocenters. The Morgan fingerprint density at radius 1 is 1.00 bits per heavy atom. The number of methoxy groups -OCH3 is 2. The molecule has 0 saturated heterocycles. The van der Waals surface area contributed by atoms with Crippen molar-refractivity contribution >= 4 is 33.8 Å². The van der Waals surface area contributed by atoms with Gasteiger partial charge in [0.05, 0.1) is 37.8 Å². The minimum Gasteiger partial charge on any atom is -0.495 e. The number of fused-ring (bicyclic) bond motifs is 2. The van der Waals surface area contributed by atoms with E-state index in [1.165, 1.54) is 32.8 Å². The Morgan fingerprint density at radius 3 is 2.50 bits per heavy atom. The molecule has 0 atom stereocenters. The molecule has 0 aliphatic rings. The number of nitrogens with zero attached hydrogens (tertiary/aromatic N) is 1. The maximum atomic E-state index is 12.7. The summed E-state index contributed by atoms with van der Waals surface area (Å²) in [6.07, 6.45) is 3.01. The number of furan rings is 1. The number of hydrogen-bond donors (Lipinski definition) is 0. The zero-order chi connectivity index (χ0) is 18.1. The first kappa shape index (κ1) is 16.0. The van der Waals surface area contributed by atoms with Gasteiger partial charge in [-0.25, -0.2) is 0 Å². The van der Waals surface area contributed by atoms with Crippen LogP contribution in [0.4, 0.5) is 5.69 Å². The van der Waals surface area contributed by atoms with Crippen molar-refractivity contribution in [3.8, 4) is 11.5 Å². The first-order chi connectivity index (χ1) is 12.7. The van der Waals surface area contributed by atoms with Crippen LogP contribution in [0.2, 0.25) is 0 Å². The van der Waals surface area contributed by atoms with Crippen molar-refractivity contribution in [2.45, 2.75) is 0 Å². The van der Waals surface area contributed by atoms with Gasteiger partial charge in [0.15, 0.2) is 16.6 Å². The molecule has 6 nitrogen and oxygen atoms in total. The van der Waals surface area contributed by atoms with Crippen molar-refractivity contribution in [3.05, 3.63) is 64.7 Å². The summed E-state index contributed by atoms with van der Waals surface area (Å²) in [6.45, 7) is 0. The zero-order valence-electron chi connectivity index (χ0n) is 14.2. The number of benzene rings is 2. The van der Waals surface area contributed by atoms with Crippen molar-refractivity contribution in [2.24, 2.45) is 4.99 Å². The second-order valence-corrected chi connectivity index (χ2v) is 5.54. The first-order valence-electron chi connectivity index (χ1n) is 7.91. The van der Waals surface area contributed by atoms with Crippen LogP contribution in [0.3, 0.4) is 0 Å². The molecule has 0 aliphatic heterocycles. The van der Waals surface area contributed by atoms with E-state index in [0.717, 1.165) is 5.69 Å². The predicted octanol–water partition coefficient (Wildman–Crippen LogP) is 4.31.